The molecular weight excluding hydrogens is 389 g/mol. The maximum absolute atomic E-state index is 13.2. The van der Waals surface area contributed by atoms with E-state index in [4.69, 9.17) is 0 Å². The van der Waals surface area contributed by atoms with Crippen molar-refractivity contribution >= 4 is 40.6 Å². The van der Waals surface area contributed by atoms with Gasteiger partial charge in [0.15, 0.2) is 0 Å². The molecule has 1 aromatic carbocycles. The number of nitrogens with one attached hydrogen (secondary N) is 3. The summed E-state index contributed by atoms with van der Waals surface area (Å²) < 4.78 is 13.2. The first-order valence-corrected chi connectivity index (χ1v) is 9.51. The molecule has 1 saturated heterocycles. The molecule has 1 unspecified atom stereocenters. The Hall–Kier alpha value is -1.96. The third kappa shape index (κ3) is 5.76. The minimum Gasteiger partial charge on any atom is -0.351 e. The van der Waals surface area contributed by atoms with E-state index in [0.29, 0.717) is 22.3 Å². The molecule has 2 amide bonds. The van der Waals surface area contributed by atoms with E-state index in [2.05, 4.69) is 16.0 Å². The summed E-state index contributed by atoms with van der Waals surface area (Å²) in [5.41, 5.74) is 1.05. The highest BCUT2D eigenvalue weighted by Gasteiger charge is 2.17. The number of benzene rings is 1. The molecule has 8 heteroatoms. The van der Waals surface area contributed by atoms with Gasteiger partial charge in [-0.2, -0.15) is 0 Å². The highest BCUT2D eigenvalue weighted by Crippen LogP contribution is 2.27. The Bertz CT molecular complexity index is 806. The molecule has 2 heterocycles. The lowest BCUT2D eigenvalue weighted by Gasteiger charge is -2.09. The van der Waals surface area contributed by atoms with Gasteiger partial charge < -0.3 is 16.0 Å². The number of amides is 2. The highest BCUT2D eigenvalue weighted by atomic mass is 35.5. The Morgan fingerprint density at radius 2 is 2.11 bits per heavy atom. The van der Waals surface area contributed by atoms with E-state index in [0.717, 1.165) is 31.5 Å². The van der Waals surface area contributed by atoms with Gasteiger partial charge in [-0.3, -0.25) is 9.59 Å². The smallest absolute Gasteiger partial charge is 0.261 e. The van der Waals surface area contributed by atoms with E-state index in [1.54, 1.807) is 12.1 Å². The molecule has 0 radical (unpaired) electrons. The molecule has 1 atom stereocenters. The molecule has 3 N–H and O–H groups in total. The number of anilines is 1. The van der Waals surface area contributed by atoms with Crippen LogP contribution in [0, 0.1) is 18.7 Å². The molecule has 0 spiro atoms. The largest absolute Gasteiger partial charge is 0.351 e. The van der Waals surface area contributed by atoms with Crippen molar-refractivity contribution in [2.75, 3.05) is 25.0 Å². The summed E-state index contributed by atoms with van der Waals surface area (Å²) >= 11 is 1.23. The van der Waals surface area contributed by atoms with E-state index in [1.165, 1.54) is 29.5 Å². The van der Waals surface area contributed by atoms with Crippen molar-refractivity contribution in [3.8, 4) is 0 Å². The zero-order valence-electron chi connectivity index (χ0n) is 15.0. The third-order valence-corrected chi connectivity index (χ3v) is 5.60. The summed E-state index contributed by atoms with van der Waals surface area (Å²) in [6.07, 6.45) is 2.12. The fraction of sp³-hybridized carbons (Fsp3) is 0.368. The van der Waals surface area contributed by atoms with Crippen LogP contribution in [0.3, 0.4) is 0 Å². The first kappa shape index (κ1) is 21.3. The Morgan fingerprint density at radius 1 is 1.30 bits per heavy atom. The second-order valence-corrected chi connectivity index (χ2v) is 7.54. The minimum atomic E-state index is -0.461. The molecule has 1 aliphatic heterocycles. The molecule has 1 aromatic heterocycles. The van der Waals surface area contributed by atoms with Crippen LogP contribution in [0.5, 0.6) is 0 Å². The molecule has 27 heavy (non-hydrogen) atoms. The van der Waals surface area contributed by atoms with E-state index in [1.807, 2.05) is 6.92 Å². The van der Waals surface area contributed by atoms with Gasteiger partial charge in [0, 0.05) is 12.1 Å². The monoisotopic (exact) mass is 411 g/mol. The molecule has 146 valence electrons. The Morgan fingerprint density at radius 3 is 2.81 bits per heavy atom. The van der Waals surface area contributed by atoms with Crippen molar-refractivity contribution in [3.63, 3.8) is 0 Å². The van der Waals surface area contributed by atoms with Crippen LogP contribution in [0.4, 0.5) is 9.39 Å². The standard InChI is InChI=1S/C19H22FN3O2S.ClH/c1-12-9-16(23-18(24)14-3-2-4-15(20)10-14)26-17(12)19(25)22-8-6-13-5-7-21-11-13;/h2-4,9-10,13,21H,5-8,11H2,1H3,(H,22,25)(H,23,24);1H. The lowest BCUT2D eigenvalue weighted by molar-refractivity contribution is 0.0954. The Labute approximate surface area is 168 Å². The summed E-state index contributed by atoms with van der Waals surface area (Å²) in [5, 5.41) is 9.57. The van der Waals surface area contributed by atoms with Gasteiger partial charge in [0.2, 0.25) is 0 Å². The zero-order valence-corrected chi connectivity index (χ0v) is 16.6. The maximum atomic E-state index is 13.2. The molecule has 1 fully saturated rings. The van der Waals surface area contributed by atoms with Crippen molar-refractivity contribution < 1.29 is 14.0 Å². The van der Waals surface area contributed by atoms with Crippen LogP contribution in [0.1, 0.15) is 38.4 Å². The number of rotatable bonds is 6. The van der Waals surface area contributed by atoms with Crippen LogP contribution in [0.25, 0.3) is 0 Å². The first-order valence-electron chi connectivity index (χ1n) is 8.69. The molecule has 0 aliphatic carbocycles. The SMILES string of the molecule is Cc1cc(NC(=O)c2cccc(F)c2)sc1C(=O)NCCC1CCNC1.Cl. The summed E-state index contributed by atoms with van der Waals surface area (Å²) in [7, 11) is 0. The van der Waals surface area contributed by atoms with Crippen LogP contribution in [-0.2, 0) is 0 Å². The van der Waals surface area contributed by atoms with E-state index < -0.39 is 11.7 Å². The number of carbonyl (C=O) groups excluding carboxylic acids is 2. The number of carbonyl (C=O) groups is 2. The highest BCUT2D eigenvalue weighted by molar-refractivity contribution is 7.18. The van der Waals surface area contributed by atoms with Gasteiger partial charge in [0.1, 0.15) is 5.82 Å². The fourth-order valence-corrected chi connectivity index (χ4v) is 4.00. The van der Waals surface area contributed by atoms with Crippen LogP contribution in [-0.4, -0.2) is 31.4 Å². The van der Waals surface area contributed by atoms with E-state index in [-0.39, 0.29) is 23.9 Å². The second-order valence-electron chi connectivity index (χ2n) is 6.49. The number of aryl methyl sites for hydroxylation is 1. The predicted molar refractivity (Wildman–Crippen MR) is 109 cm³/mol. The lowest BCUT2D eigenvalue weighted by Crippen LogP contribution is -2.26. The quantitative estimate of drug-likeness (QED) is 0.680. The van der Waals surface area contributed by atoms with Crippen LogP contribution < -0.4 is 16.0 Å². The lowest BCUT2D eigenvalue weighted by atomic mass is 10.1. The molecule has 5 nitrogen and oxygen atoms in total. The van der Waals surface area contributed by atoms with Crippen LogP contribution in [0.15, 0.2) is 30.3 Å². The van der Waals surface area contributed by atoms with Crippen molar-refractivity contribution in [2.45, 2.75) is 19.8 Å². The van der Waals surface area contributed by atoms with Gasteiger partial charge in [0.25, 0.3) is 11.8 Å². The van der Waals surface area contributed by atoms with Gasteiger partial charge >= 0.3 is 0 Å². The third-order valence-electron chi connectivity index (χ3n) is 4.45. The van der Waals surface area contributed by atoms with Crippen molar-refractivity contribution in [3.05, 3.63) is 52.2 Å². The average molecular weight is 412 g/mol. The number of hydrogen-bond donors (Lipinski definition) is 3. The predicted octanol–water partition coefficient (Wildman–Crippen LogP) is 3.60. The first-order chi connectivity index (χ1) is 12.5. The zero-order chi connectivity index (χ0) is 18.5. The molecule has 0 bridgehead atoms. The molecule has 1 aliphatic rings. The molecular formula is C19H23ClFN3O2S. The van der Waals surface area contributed by atoms with Gasteiger partial charge in [-0.1, -0.05) is 6.07 Å². The summed E-state index contributed by atoms with van der Waals surface area (Å²) in [5.74, 6) is -0.352. The fourth-order valence-electron chi connectivity index (χ4n) is 3.01. The van der Waals surface area contributed by atoms with E-state index >= 15 is 0 Å². The van der Waals surface area contributed by atoms with Gasteiger partial charge in [-0.05, 0) is 68.6 Å². The summed E-state index contributed by atoms with van der Waals surface area (Å²) in [6, 6.07) is 7.27. The normalized spacial score (nSPS) is 15.9. The second kappa shape index (κ2) is 9.82. The molecule has 3 rings (SSSR count). The maximum Gasteiger partial charge on any atom is 0.261 e. The minimum absolute atomic E-state index is 0. The van der Waals surface area contributed by atoms with Gasteiger partial charge in [0.05, 0.1) is 9.88 Å². The summed E-state index contributed by atoms with van der Waals surface area (Å²) in [6.45, 7) is 4.55. The molecule has 2 aromatic rings. The topological polar surface area (TPSA) is 70.2 Å². The van der Waals surface area contributed by atoms with E-state index in [9.17, 15) is 14.0 Å². The number of halogens is 2. The number of hydrogen-bond acceptors (Lipinski definition) is 4. The van der Waals surface area contributed by atoms with Crippen LogP contribution in [0.2, 0.25) is 0 Å². The van der Waals surface area contributed by atoms with Crippen LogP contribution >= 0.6 is 23.7 Å². The van der Waals surface area contributed by atoms with Gasteiger partial charge in [-0.25, -0.2) is 4.39 Å². The van der Waals surface area contributed by atoms with Crippen molar-refractivity contribution in [2.24, 2.45) is 5.92 Å². The summed E-state index contributed by atoms with van der Waals surface area (Å²) in [4.78, 5) is 25.2. The Kier molecular flexibility index (Phi) is 7.77. The molecule has 0 saturated carbocycles. The van der Waals surface area contributed by atoms with Crippen molar-refractivity contribution in [1.82, 2.24) is 10.6 Å². The van der Waals surface area contributed by atoms with Crippen molar-refractivity contribution in [1.29, 1.82) is 0 Å². The number of thiophene rings is 1. The van der Waals surface area contributed by atoms with Gasteiger partial charge in [-0.15, -0.1) is 23.7 Å². The Balaban J connectivity index is 0.00000261. The average Bonchev–Trinajstić information content (AvgIpc) is 3.24.